The second kappa shape index (κ2) is 8.76. The van der Waals surface area contributed by atoms with E-state index in [4.69, 9.17) is 16.3 Å². The molecule has 2 N–H and O–H groups in total. The molecule has 1 aromatic heterocycles. The maximum absolute atomic E-state index is 12.9. The fourth-order valence-electron chi connectivity index (χ4n) is 2.74. The minimum Gasteiger partial charge on any atom is -0.495 e. The molecule has 1 amide bonds. The molecule has 0 spiro atoms. The summed E-state index contributed by atoms with van der Waals surface area (Å²) in [6, 6.07) is 16.6. The molecule has 144 valence electrons. The summed E-state index contributed by atoms with van der Waals surface area (Å²) in [5, 5.41) is 6.56. The zero-order chi connectivity index (χ0) is 20.1. The van der Waals surface area contributed by atoms with Crippen LogP contribution in [-0.4, -0.2) is 18.0 Å². The summed E-state index contributed by atoms with van der Waals surface area (Å²) in [5.41, 5.74) is 3.02. The predicted molar refractivity (Wildman–Crippen MR) is 114 cm³/mol. The van der Waals surface area contributed by atoms with Crippen molar-refractivity contribution in [2.24, 2.45) is 0 Å². The van der Waals surface area contributed by atoms with Gasteiger partial charge in [0, 0.05) is 16.9 Å². The Morgan fingerprint density at radius 1 is 1.11 bits per heavy atom. The molecular weight excluding hydrogens is 374 g/mol. The number of benzene rings is 2. The number of pyridine rings is 1. The Morgan fingerprint density at radius 3 is 2.54 bits per heavy atom. The number of nitrogens with zero attached hydrogens (tertiary/aromatic N) is 1. The highest BCUT2D eigenvalue weighted by molar-refractivity contribution is 6.31. The first-order chi connectivity index (χ1) is 13.5. The first-order valence-electron chi connectivity index (χ1n) is 8.95. The van der Waals surface area contributed by atoms with Crippen LogP contribution in [0.2, 0.25) is 5.02 Å². The van der Waals surface area contributed by atoms with E-state index in [0.717, 1.165) is 5.69 Å². The van der Waals surface area contributed by atoms with Crippen molar-refractivity contribution in [3.63, 3.8) is 0 Å². The smallest absolute Gasteiger partial charge is 0.259 e. The van der Waals surface area contributed by atoms with Gasteiger partial charge in [0.25, 0.3) is 5.91 Å². The van der Waals surface area contributed by atoms with Crippen LogP contribution in [0.25, 0.3) is 0 Å². The zero-order valence-electron chi connectivity index (χ0n) is 16.0. The molecule has 0 saturated heterocycles. The minimum atomic E-state index is -0.310. The Hall–Kier alpha value is -3.05. The number of halogens is 1. The molecule has 3 rings (SSSR count). The molecule has 1 heterocycles. The third-order valence-electron chi connectivity index (χ3n) is 4.30. The molecule has 0 fully saturated rings. The molecule has 5 nitrogen and oxygen atoms in total. The number of amides is 1. The summed E-state index contributed by atoms with van der Waals surface area (Å²) in [7, 11) is 1.54. The van der Waals surface area contributed by atoms with Crippen LogP contribution in [0.1, 0.15) is 35.7 Å². The molecule has 0 bridgehead atoms. The number of hydrogen-bond acceptors (Lipinski definition) is 4. The summed E-state index contributed by atoms with van der Waals surface area (Å²) >= 11 is 6.05. The lowest BCUT2D eigenvalue weighted by Gasteiger charge is -2.14. The van der Waals surface area contributed by atoms with E-state index in [9.17, 15) is 4.79 Å². The zero-order valence-corrected chi connectivity index (χ0v) is 16.7. The largest absolute Gasteiger partial charge is 0.495 e. The van der Waals surface area contributed by atoms with Gasteiger partial charge in [0.05, 0.1) is 18.4 Å². The molecule has 0 aliphatic rings. The Bertz CT molecular complexity index is 972. The van der Waals surface area contributed by atoms with Gasteiger partial charge in [-0.3, -0.25) is 4.79 Å². The number of ether oxygens (including phenoxy) is 1. The molecule has 0 saturated carbocycles. The molecule has 0 aliphatic carbocycles. The molecule has 6 heteroatoms. The topological polar surface area (TPSA) is 63.2 Å². The Balaban J connectivity index is 1.83. The van der Waals surface area contributed by atoms with Crippen LogP contribution in [-0.2, 0) is 0 Å². The van der Waals surface area contributed by atoms with Gasteiger partial charge in [-0.25, -0.2) is 4.98 Å². The second-order valence-electron chi connectivity index (χ2n) is 6.60. The van der Waals surface area contributed by atoms with Crippen LogP contribution in [0.5, 0.6) is 5.75 Å². The molecule has 0 aliphatic heterocycles. The summed E-state index contributed by atoms with van der Waals surface area (Å²) in [5.74, 6) is 1.14. The van der Waals surface area contributed by atoms with E-state index >= 15 is 0 Å². The number of anilines is 3. The monoisotopic (exact) mass is 395 g/mol. The maximum atomic E-state index is 12.9. The van der Waals surface area contributed by atoms with Gasteiger partial charge in [0.1, 0.15) is 11.6 Å². The van der Waals surface area contributed by atoms with Crippen LogP contribution in [0.4, 0.5) is 17.2 Å². The number of carbonyl (C=O) groups is 1. The van der Waals surface area contributed by atoms with E-state index in [1.165, 1.54) is 12.7 Å². The molecule has 0 radical (unpaired) electrons. The fraction of sp³-hybridized carbons (Fsp3) is 0.182. The van der Waals surface area contributed by atoms with Crippen molar-refractivity contribution in [1.29, 1.82) is 0 Å². The van der Waals surface area contributed by atoms with Crippen molar-refractivity contribution >= 4 is 34.7 Å². The number of methoxy groups -OCH3 is 1. The molecule has 3 aromatic rings. The third-order valence-corrected chi connectivity index (χ3v) is 4.54. The highest BCUT2D eigenvalue weighted by Gasteiger charge is 2.15. The van der Waals surface area contributed by atoms with Gasteiger partial charge in [-0.2, -0.15) is 0 Å². The van der Waals surface area contributed by atoms with Gasteiger partial charge < -0.3 is 15.4 Å². The predicted octanol–water partition coefficient (Wildman–Crippen LogP) is 5.86. The molecule has 28 heavy (non-hydrogen) atoms. The van der Waals surface area contributed by atoms with Crippen LogP contribution >= 0.6 is 11.6 Å². The molecular formula is C22H22ClN3O2. The van der Waals surface area contributed by atoms with Crippen LogP contribution < -0.4 is 15.4 Å². The van der Waals surface area contributed by atoms with Crippen molar-refractivity contribution in [1.82, 2.24) is 4.98 Å². The number of aromatic nitrogens is 1. The highest BCUT2D eigenvalue weighted by atomic mass is 35.5. The van der Waals surface area contributed by atoms with Crippen LogP contribution in [0.3, 0.4) is 0 Å². The number of carbonyl (C=O) groups excluding carboxylic acids is 1. The van der Waals surface area contributed by atoms with Gasteiger partial charge in [-0.05, 0) is 53.9 Å². The van der Waals surface area contributed by atoms with Crippen molar-refractivity contribution < 1.29 is 9.53 Å². The van der Waals surface area contributed by atoms with Crippen molar-refractivity contribution in [3.8, 4) is 5.75 Å². The number of hydrogen-bond donors (Lipinski definition) is 2. The van der Waals surface area contributed by atoms with Gasteiger partial charge in [-0.15, -0.1) is 0 Å². The summed E-state index contributed by atoms with van der Waals surface area (Å²) < 4.78 is 5.29. The van der Waals surface area contributed by atoms with Gasteiger partial charge in [0.2, 0.25) is 0 Å². The van der Waals surface area contributed by atoms with E-state index in [1.54, 1.807) is 36.5 Å². The first kappa shape index (κ1) is 19.7. The lowest BCUT2D eigenvalue weighted by Crippen LogP contribution is -2.15. The SMILES string of the molecule is COc1ccc(Cl)cc1NC(=O)c1cccnc1Nc1ccc(C(C)C)cc1. The average Bonchev–Trinajstić information content (AvgIpc) is 2.69. The molecule has 2 aromatic carbocycles. The first-order valence-corrected chi connectivity index (χ1v) is 9.32. The average molecular weight is 396 g/mol. The lowest BCUT2D eigenvalue weighted by atomic mass is 10.0. The summed E-state index contributed by atoms with van der Waals surface area (Å²) in [6.45, 7) is 4.29. The summed E-state index contributed by atoms with van der Waals surface area (Å²) in [6.07, 6.45) is 1.64. The van der Waals surface area contributed by atoms with Gasteiger partial charge in [-0.1, -0.05) is 37.6 Å². The van der Waals surface area contributed by atoms with Crippen molar-refractivity contribution in [3.05, 3.63) is 76.9 Å². The van der Waals surface area contributed by atoms with E-state index in [-0.39, 0.29) is 5.91 Å². The Labute approximate surface area is 169 Å². The van der Waals surface area contributed by atoms with Gasteiger partial charge in [0.15, 0.2) is 0 Å². The van der Waals surface area contributed by atoms with E-state index in [2.05, 4.69) is 41.6 Å². The maximum Gasteiger partial charge on any atom is 0.259 e. The van der Waals surface area contributed by atoms with E-state index in [0.29, 0.717) is 33.8 Å². The van der Waals surface area contributed by atoms with E-state index < -0.39 is 0 Å². The lowest BCUT2D eigenvalue weighted by molar-refractivity contribution is 0.102. The minimum absolute atomic E-state index is 0.310. The molecule has 0 atom stereocenters. The number of rotatable bonds is 6. The fourth-order valence-corrected chi connectivity index (χ4v) is 2.92. The summed E-state index contributed by atoms with van der Waals surface area (Å²) in [4.78, 5) is 17.2. The van der Waals surface area contributed by atoms with Crippen molar-refractivity contribution in [2.75, 3.05) is 17.7 Å². The molecule has 0 unspecified atom stereocenters. The van der Waals surface area contributed by atoms with E-state index in [1.807, 2.05) is 12.1 Å². The standard InChI is InChI=1S/C22H22ClN3O2/c1-14(2)15-6-9-17(10-7-15)25-21-18(5-4-12-24-21)22(27)26-19-13-16(23)8-11-20(19)28-3/h4-14H,1-3H3,(H,24,25)(H,26,27). The number of nitrogens with one attached hydrogen (secondary N) is 2. The quantitative estimate of drug-likeness (QED) is 0.548. The van der Waals surface area contributed by atoms with Crippen LogP contribution in [0.15, 0.2) is 60.8 Å². The van der Waals surface area contributed by atoms with Crippen molar-refractivity contribution in [2.45, 2.75) is 19.8 Å². The van der Waals surface area contributed by atoms with Gasteiger partial charge >= 0.3 is 0 Å². The van der Waals surface area contributed by atoms with Crippen LogP contribution in [0, 0.1) is 0 Å². The Morgan fingerprint density at radius 2 is 1.86 bits per heavy atom. The third kappa shape index (κ3) is 4.61. The second-order valence-corrected chi connectivity index (χ2v) is 7.04. The normalized spacial score (nSPS) is 10.6. The highest BCUT2D eigenvalue weighted by Crippen LogP contribution is 2.29. The Kier molecular flexibility index (Phi) is 6.16.